The summed E-state index contributed by atoms with van der Waals surface area (Å²) < 4.78 is 50.1. The first-order valence-corrected chi connectivity index (χ1v) is 10.2. The van der Waals surface area contributed by atoms with Gasteiger partial charge < -0.3 is 18.9 Å². The van der Waals surface area contributed by atoms with Crippen molar-refractivity contribution in [3.8, 4) is 28.4 Å². The molecule has 1 saturated heterocycles. The minimum Gasteiger partial charge on any atom is -0.495 e. The molecule has 2 aromatic carbocycles. The van der Waals surface area contributed by atoms with Gasteiger partial charge >= 0.3 is 0 Å². The van der Waals surface area contributed by atoms with Crippen LogP contribution >= 0.6 is 0 Å². The number of ether oxygens (including phenoxy) is 4. The lowest BCUT2D eigenvalue weighted by Gasteiger charge is -2.23. The van der Waals surface area contributed by atoms with Crippen LogP contribution in [-0.4, -0.2) is 41.6 Å². The molecule has 2 aliphatic heterocycles. The smallest absolute Gasteiger partial charge is 0.244 e. The minimum absolute atomic E-state index is 0.117. The molecule has 2 aliphatic rings. The van der Waals surface area contributed by atoms with E-state index in [2.05, 4.69) is 4.72 Å². The fourth-order valence-corrected chi connectivity index (χ4v) is 4.74. The van der Waals surface area contributed by atoms with Crippen molar-refractivity contribution in [2.75, 3.05) is 27.1 Å². The number of fused-ring (bicyclic) bond motifs is 1. The summed E-state index contributed by atoms with van der Waals surface area (Å²) in [5, 5.41) is 0. The van der Waals surface area contributed by atoms with E-state index < -0.39 is 10.0 Å². The van der Waals surface area contributed by atoms with Crippen molar-refractivity contribution in [2.24, 2.45) is 0 Å². The van der Waals surface area contributed by atoms with Gasteiger partial charge in [0.2, 0.25) is 16.8 Å². The van der Waals surface area contributed by atoms with Crippen molar-refractivity contribution in [1.29, 1.82) is 0 Å². The predicted octanol–water partition coefficient (Wildman–Crippen LogP) is 2.55. The molecule has 27 heavy (non-hydrogen) atoms. The van der Waals surface area contributed by atoms with Gasteiger partial charge in [-0.2, -0.15) is 0 Å². The Bertz CT molecular complexity index is 937. The van der Waals surface area contributed by atoms with Crippen LogP contribution < -0.4 is 18.9 Å². The van der Waals surface area contributed by atoms with Gasteiger partial charge in [-0.1, -0.05) is 12.1 Å². The summed E-state index contributed by atoms with van der Waals surface area (Å²) in [6.45, 7) is 1.30. The maximum Gasteiger partial charge on any atom is 0.244 e. The number of sulfonamides is 1. The largest absolute Gasteiger partial charge is 0.495 e. The van der Waals surface area contributed by atoms with Gasteiger partial charge in [0, 0.05) is 19.3 Å². The molecule has 0 aromatic heterocycles. The maximum absolute atomic E-state index is 13.0. The lowest BCUT2D eigenvalue weighted by molar-refractivity contribution is 0.0832. The minimum atomic E-state index is -3.73. The van der Waals surface area contributed by atoms with Crippen LogP contribution in [0.25, 0.3) is 11.1 Å². The zero-order chi connectivity index (χ0) is 18.9. The Morgan fingerprint density at radius 1 is 1.00 bits per heavy atom. The lowest BCUT2D eigenvalue weighted by Crippen LogP contribution is -2.38. The monoisotopic (exact) mass is 391 g/mol. The van der Waals surface area contributed by atoms with Crippen molar-refractivity contribution in [3.63, 3.8) is 0 Å². The molecule has 4 rings (SSSR count). The maximum atomic E-state index is 13.0. The molecule has 0 unspecified atom stereocenters. The van der Waals surface area contributed by atoms with E-state index in [1.165, 1.54) is 7.11 Å². The van der Waals surface area contributed by atoms with Gasteiger partial charge in [-0.05, 0) is 48.2 Å². The first kappa shape index (κ1) is 18.1. The van der Waals surface area contributed by atoms with E-state index in [0.29, 0.717) is 43.3 Å². The van der Waals surface area contributed by atoms with Gasteiger partial charge in [0.15, 0.2) is 11.5 Å². The second-order valence-corrected chi connectivity index (χ2v) is 8.12. The molecule has 0 bridgehead atoms. The first-order chi connectivity index (χ1) is 13.1. The van der Waals surface area contributed by atoms with Crippen LogP contribution in [0, 0.1) is 0 Å². The van der Waals surface area contributed by atoms with Crippen LogP contribution in [-0.2, 0) is 14.8 Å². The van der Waals surface area contributed by atoms with Crippen LogP contribution in [0.5, 0.6) is 17.2 Å². The summed E-state index contributed by atoms with van der Waals surface area (Å²) >= 11 is 0. The third-order valence-electron chi connectivity index (χ3n) is 4.70. The number of nitrogens with one attached hydrogen (secondary N) is 1. The molecule has 0 spiro atoms. The summed E-state index contributed by atoms with van der Waals surface area (Å²) in [5.41, 5.74) is 1.59. The molecule has 144 valence electrons. The molecule has 7 nitrogen and oxygen atoms in total. The average Bonchev–Trinajstić information content (AvgIpc) is 3.15. The van der Waals surface area contributed by atoms with Crippen LogP contribution in [0.2, 0.25) is 0 Å². The quantitative estimate of drug-likeness (QED) is 0.843. The third-order valence-corrected chi connectivity index (χ3v) is 6.24. The molecule has 1 fully saturated rings. The van der Waals surface area contributed by atoms with Crippen molar-refractivity contribution >= 4 is 10.0 Å². The van der Waals surface area contributed by atoms with Crippen molar-refractivity contribution in [3.05, 3.63) is 36.4 Å². The number of benzene rings is 2. The van der Waals surface area contributed by atoms with E-state index in [0.717, 1.165) is 11.1 Å². The van der Waals surface area contributed by atoms with Crippen molar-refractivity contribution < 1.29 is 27.4 Å². The number of methoxy groups -OCH3 is 1. The summed E-state index contributed by atoms with van der Waals surface area (Å²) in [6, 6.07) is 10.5. The standard InChI is InChI=1S/C19H21NO6S/c1-23-17-5-3-14(13-2-4-16-18(10-13)26-12-25-16)11-19(17)27(21,22)20-15-6-8-24-9-7-15/h2-5,10-11,15,20H,6-9,12H2,1H3. The van der Waals surface area contributed by atoms with Crippen molar-refractivity contribution in [1.82, 2.24) is 4.72 Å². The molecular formula is C19H21NO6S. The number of hydrogen-bond acceptors (Lipinski definition) is 6. The number of rotatable bonds is 5. The molecule has 0 aliphatic carbocycles. The van der Waals surface area contributed by atoms with Crippen molar-refractivity contribution in [2.45, 2.75) is 23.8 Å². The van der Waals surface area contributed by atoms with Gasteiger partial charge in [0.25, 0.3) is 0 Å². The average molecular weight is 391 g/mol. The Balaban J connectivity index is 1.68. The number of hydrogen-bond donors (Lipinski definition) is 1. The second kappa shape index (κ2) is 7.38. The van der Waals surface area contributed by atoms with E-state index in [1.807, 2.05) is 24.3 Å². The molecule has 8 heteroatoms. The van der Waals surface area contributed by atoms with E-state index >= 15 is 0 Å². The zero-order valence-corrected chi connectivity index (χ0v) is 15.8. The zero-order valence-electron chi connectivity index (χ0n) is 14.9. The van der Waals surface area contributed by atoms with Gasteiger partial charge in [0.1, 0.15) is 10.6 Å². The lowest BCUT2D eigenvalue weighted by atomic mass is 10.1. The van der Waals surface area contributed by atoms with E-state index in [4.69, 9.17) is 18.9 Å². The fraction of sp³-hybridized carbons (Fsp3) is 0.368. The van der Waals surface area contributed by atoms with Gasteiger partial charge in [0.05, 0.1) is 7.11 Å². The van der Waals surface area contributed by atoms with Crippen LogP contribution in [0.1, 0.15) is 12.8 Å². The highest BCUT2D eigenvalue weighted by atomic mass is 32.2. The predicted molar refractivity (Wildman–Crippen MR) is 98.7 cm³/mol. The molecule has 1 N–H and O–H groups in total. The molecule has 0 saturated carbocycles. The summed E-state index contributed by atoms with van der Waals surface area (Å²) in [4.78, 5) is 0.117. The highest BCUT2D eigenvalue weighted by Crippen LogP contribution is 2.37. The summed E-state index contributed by atoms with van der Waals surface area (Å²) in [6.07, 6.45) is 1.31. The van der Waals surface area contributed by atoms with Gasteiger partial charge in [-0.15, -0.1) is 0 Å². The highest BCUT2D eigenvalue weighted by Gasteiger charge is 2.26. The SMILES string of the molecule is COc1ccc(-c2ccc3c(c2)OCO3)cc1S(=O)(=O)NC1CCOCC1. The van der Waals surface area contributed by atoms with Gasteiger partial charge in [-0.3, -0.25) is 0 Å². The van der Waals surface area contributed by atoms with E-state index in [1.54, 1.807) is 12.1 Å². The molecular weight excluding hydrogens is 370 g/mol. The topological polar surface area (TPSA) is 83.1 Å². The highest BCUT2D eigenvalue weighted by molar-refractivity contribution is 7.89. The third kappa shape index (κ3) is 3.73. The Labute approximate surface area is 158 Å². The molecule has 0 amide bonds. The van der Waals surface area contributed by atoms with Crippen LogP contribution in [0.15, 0.2) is 41.3 Å². The molecule has 2 aromatic rings. The van der Waals surface area contributed by atoms with Crippen LogP contribution in [0.3, 0.4) is 0 Å². The first-order valence-electron chi connectivity index (χ1n) is 8.75. The summed E-state index contributed by atoms with van der Waals surface area (Å²) in [7, 11) is -2.27. The normalized spacial score (nSPS) is 17.1. The second-order valence-electron chi connectivity index (χ2n) is 6.44. The summed E-state index contributed by atoms with van der Waals surface area (Å²) in [5.74, 6) is 1.63. The van der Waals surface area contributed by atoms with Gasteiger partial charge in [-0.25, -0.2) is 13.1 Å². The molecule has 0 atom stereocenters. The molecule has 2 heterocycles. The van der Waals surface area contributed by atoms with E-state index in [9.17, 15) is 8.42 Å². The Morgan fingerprint density at radius 3 is 2.48 bits per heavy atom. The molecule has 0 radical (unpaired) electrons. The van der Waals surface area contributed by atoms with E-state index in [-0.39, 0.29) is 17.7 Å². The van der Waals surface area contributed by atoms with Crippen LogP contribution in [0.4, 0.5) is 0 Å². The Hall–Kier alpha value is -2.29. The Morgan fingerprint density at radius 2 is 1.70 bits per heavy atom. The fourth-order valence-electron chi connectivity index (χ4n) is 3.24. The Kier molecular flexibility index (Phi) is 4.94.